The molecule has 2 aromatic rings. The summed E-state index contributed by atoms with van der Waals surface area (Å²) in [7, 11) is 0. The van der Waals surface area contributed by atoms with Crippen molar-refractivity contribution in [1.29, 1.82) is 0 Å². The molecule has 2 saturated heterocycles. The van der Waals surface area contributed by atoms with Gasteiger partial charge in [-0.15, -0.1) is 0 Å². The van der Waals surface area contributed by atoms with E-state index in [-0.39, 0.29) is 17.7 Å². The van der Waals surface area contributed by atoms with E-state index >= 15 is 4.39 Å². The summed E-state index contributed by atoms with van der Waals surface area (Å²) in [5.74, 6) is -0.680. The molecule has 30 heavy (non-hydrogen) atoms. The Balaban J connectivity index is 1.57. The number of benzene rings is 1. The number of hydrogen-bond donors (Lipinski definition) is 0. The fourth-order valence-electron chi connectivity index (χ4n) is 4.05. The molecule has 2 fully saturated rings. The summed E-state index contributed by atoms with van der Waals surface area (Å²) in [5.41, 5.74) is 0.0557. The molecule has 0 aliphatic carbocycles. The van der Waals surface area contributed by atoms with Gasteiger partial charge in [0.25, 0.3) is 5.91 Å². The molecule has 2 aliphatic heterocycles. The van der Waals surface area contributed by atoms with Crippen molar-refractivity contribution < 1.29 is 18.7 Å². The molecule has 0 N–H and O–H groups in total. The summed E-state index contributed by atoms with van der Waals surface area (Å²) in [6.45, 7) is 8.61. The summed E-state index contributed by atoms with van der Waals surface area (Å²) < 4.78 is 20.5. The van der Waals surface area contributed by atoms with E-state index in [1.54, 1.807) is 28.9 Å². The molecule has 1 aromatic carbocycles. The van der Waals surface area contributed by atoms with E-state index in [4.69, 9.17) is 4.74 Å². The Morgan fingerprint density at radius 1 is 1.17 bits per heavy atom. The molecule has 1 aromatic heterocycles. The van der Waals surface area contributed by atoms with Gasteiger partial charge in [-0.05, 0) is 45.7 Å². The van der Waals surface area contributed by atoms with Crippen LogP contribution in [0.1, 0.15) is 43.1 Å². The summed E-state index contributed by atoms with van der Waals surface area (Å²) in [5, 5.41) is 8.11. The lowest BCUT2D eigenvalue weighted by atomic mass is 9.81. The molecule has 3 heterocycles. The molecule has 2 aliphatic rings. The van der Waals surface area contributed by atoms with Crippen molar-refractivity contribution in [3.63, 3.8) is 0 Å². The second-order valence-corrected chi connectivity index (χ2v) is 8.91. The van der Waals surface area contributed by atoms with E-state index in [1.165, 1.54) is 17.2 Å². The minimum Gasteiger partial charge on any atom is -0.444 e. The number of rotatable bonds is 2. The van der Waals surface area contributed by atoms with Crippen LogP contribution in [0.25, 0.3) is 5.69 Å². The average Bonchev–Trinajstić information content (AvgIpc) is 3.17. The third kappa shape index (κ3) is 3.64. The molecule has 8 nitrogen and oxygen atoms in total. The molecule has 160 valence electrons. The zero-order valence-electron chi connectivity index (χ0n) is 17.6. The maximum atomic E-state index is 15.0. The summed E-state index contributed by atoms with van der Waals surface area (Å²) >= 11 is 0. The number of ether oxygens (including phenoxy) is 1. The van der Waals surface area contributed by atoms with Crippen LogP contribution in [-0.2, 0) is 4.74 Å². The van der Waals surface area contributed by atoms with Crippen LogP contribution in [-0.4, -0.2) is 68.1 Å². The van der Waals surface area contributed by atoms with Crippen LogP contribution >= 0.6 is 0 Å². The number of piperidine rings is 1. The number of aryl methyl sites for hydroxylation is 1. The van der Waals surface area contributed by atoms with Crippen LogP contribution in [0.5, 0.6) is 0 Å². The molecule has 2 amide bonds. The first-order valence-electron chi connectivity index (χ1n) is 10.1. The van der Waals surface area contributed by atoms with Crippen molar-refractivity contribution in [3.05, 3.63) is 41.5 Å². The number of likely N-dealkylation sites (tertiary alicyclic amines) is 2. The van der Waals surface area contributed by atoms with Crippen LogP contribution in [0.2, 0.25) is 0 Å². The number of fused-ring (bicyclic) bond motifs is 1. The molecule has 0 bridgehead atoms. The highest BCUT2D eigenvalue weighted by Crippen LogP contribution is 2.35. The normalized spacial score (nSPS) is 21.1. The maximum Gasteiger partial charge on any atom is 0.410 e. The number of nitrogens with zero attached hydrogens (tertiary/aromatic N) is 5. The largest absolute Gasteiger partial charge is 0.444 e. The Hall–Kier alpha value is -2.97. The van der Waals surface area contributed by atoms with Crippen molar-refractivity contribution in [2.45, 2.75) is 45.8 Å². The minimum absolute atomic E-state index is 0.0426. The van der Waals surface area contributed by atoms with Crippen LogP contribution in [0, 0.1) is 18.7 Å². The van der Waals surface area contributed by atoms with Gasteiger partial charge in [-0.1, -0.05) is 6.07 Å². The van der Waals surface area contributed by atoms with Gasteiger partial charge in [0.1, 0.15) is 22.7 Å². The van der Waals surface area contributed by atoms with E-state index in [0.29, 0.717) is 36.8 Å². The fourth-order valence-corrected chi connectivity index (χ4v) is 4.05. The zero-order chi connectivity index (χ0) is 21.6. The van der Waals surface area contributed by atoms with Crippen molar-refractivity contribution in [2.75, 3.05) is 19.6 Å². The van der Waals surface area contributed by atoms with Gasteiger partial charge >= 0.3 is 6.09 Å². The minimum atomic E-state index is -0.584. The molecular weight excluding hydrogens is 389 g/mol. The van der Waals surface area contributed by atoms with Crippen molar-refractivity contribution >= 4 is 12.0 Å². The smallest absolute Gasteiger partial charge is 0.410 e. The van der Waals surface area contributed by atoms with Gasteiger partial charge in [0.2, 0.25) is 0 Å². The highest BCUT2D eigenvalue weighted by atomic mass is 19.1. The number of carbonyl (C=O) groups excluding carboxylic acids is 2. The maximum absolute atomic E-state index is 15.0. The summed E-state index contributed by atoms with van der Waals surface area (Å²) in [6, 6.07) is 3.10. The van der Waals surface area contributed by atoms with E-state index in [9.17, 15) is 9.59 Å². The van der Waals surface area contributed by atoms with Gasteiger partial charge in [-0.2, -0.15) is 15.0 Å². The van der Waals surface area contributed by atoms with Crippen molar-refractivity contribution in [1.82, 2.24) is 24.8 Å². The number of aromatic nitrogens is 3. The van der Waals surface area contributed by atoms with E-state index in [1.807, 2.05) is 20.8 Å². The first-order chi connectivity index (χ1) is 14.2. The van der Waals surface area contributed by atoms with Crippen LogP contribution < -0.4 is 0 Å². The highest BCUT2D eigenvalue weighted by Gasteiger charge is 2.47. The topological polar surface area (TPSA) is 80.6 Å². The molecule has 2 unspecified atom stereocenters. The number of carbonyl (C=O) groups is 2. The van der Waals surface area contributed by atoms with E-state index in [2.05, 4.69) is 10.2 Å². The molecule has 9 heteroatoms. The Kier molecular flexibility index (Phi) is 4.99. The Labute approximate surface area is 174 Å². The van der Waals surface area contributed by atoms with Gasteiger partial charge in [-0.25, -0.2) is 9.18 Å². The third-order valence-corrected chi connectivity index (χ3v) is 5.63. The van der Waals surface area contributed by atoms with Gasteiger partial charge in [-0.3, -0.25) is 4.79 Å². The van der Waals surface area contributed by atoms with Crippen molar-refractivity contribution in [3.8, 4) is 5.69 Å². The number of halogens is 1. The lowest BCUT2D eigenvalue weighted by Crippen LogP contribution is -2.66. The van der Waals surface area contributed by atoms with Crippen LogP contribution in [0.4, 0.5) is 9.18 Å². The Morgan fingerprint density at radius 2 is 1.87 bits per heavy atom. The first kappa shape index (κ1) is 20.3. The molecular formula is C21H26FN5O3. The second kappa shape index (κ2) is 7.37. The van der Waals surface area contributed by atoms with Gasteiger partial charge < -0.3 is 14.5 Å². The SMILES string of the molecule is Cc1ccc(-n2nccn2)c(C(=O)N2CC3CCN(C(=O)OC(C)(C)C)CC32)c1F. The monoisotopic (exact) mass is 415 g/mol. The first-order valence-corrected chi connectivity index (χ1v) is 10.1. The van der Waals surface area contributed by atoms with Crippen LogP contribution in [0.15, 0.2) is 24.5 Å². The second-order valence-electron chi connectivity index (χ2n) is 8.91. The standard InChI is InChI=1S/C21H26FN5O3/c1-13-5-6-15(27-23-8-9-24-27)17(18(13)22)19(28)26-11-14-7-10-25(12-16(14)26)20(29)30-21(2,3)4/h5-6,8-9,14,16H,7,10-12H2,1-4H3. The summed E-state index contributed by atoms with van der Waals surface area (Å²) in [4.78, 5) is 30.4. The molecule has 2 atom stereocenters. The van der Waals surface area contributed by atoms with Gasteiger partial charge in [0.05, 0.1) is 18.4 Å². The predicted octanol–water partition coefficient (Wildman–Crippen LogP) is 2.80. The third-order valence-electron chi connectivity index (χ3n) is 5.63. The summed E-state index contributed by atoms with van der Waals surface area (Å²) in [6.07, 6.45) is 3.36. The lowest BCUT2D eigenvalue weighted by Gasteiger charge is -2.53. The molecule has 0 radical (unpaired) electrons. The van der Waals surface area contributed by atoms with Gasteiger partial charge in [0.15, 0.2) is 0 Å². The number of amides is 2. The Bertz CT molecular complexity index is 970. The molecule has 0 saturated carbocycles. The molecule has 0 spiro atoms. The quantitative estimate of drug-likeness (QED) is 0.754. The fraction of sp³-hybridized carbons (Fsp3) is 0.524. The van der Waals surface area contributed by atoms with Crippen LogP contribution in [0.3, 0.4) is 0 Å². The lowest BCUT2D eigenvalue weighted by molar-refractivity contribution is -0.0387. The van der Waals surface area contributed by atoms with Crippen molar-refractivity contribution in [2.24, 2.45) is 5.92 Å². The average molecular weight is 415 g/mol. The van der Waals surface area contributed by atoms with E-state index < -0.39 is 17.3 Å². The predicted molar refractivity (Wildman–Crippen MR) is 107 cm³/mol. The highest BCUT2D eigenvalue weighted by molar-refractivity contribution is 5.99. The zero-order valence-corrected chi connectivity index (χ0v) is 17.6. The molecule has 4 rings (SSSR count). The Morgan fingerprint density at radius 3 is 2.53 bits per heavy atom. The van der Waals surface area contributed by atoms with Gasteiger partial charge in [0, 0.05) is 25.6 Å². The number of hydrogen-bond acceptors (Lipinski definition) is 5. The van der Waals surface area contributed by atoms with E-state index in [0.717, 1.165) is 6.42 Å².